The molecule has 0 bridgehead atoms. The predicted molar refractivity (Wildman–Crippen MR) is 161 cm³/mol. The monoisotopic (exact) mass is 572 g/mol. The van der Waals surface area contributed by atoms with Crippen LogP contribution in [0.4, 0.5) is 4.79 Å². The zero-order chi connectivity index (χ0) is 29.7. The Kier molecular flexibility index (Phi) is 28.1. The number of hydrogen-bond acceptors (Lipinski definition) is 8. The van der Waals surface area contributed by atoms with Gasteiger partial charge in [-0.2, -0.15) is 0 Å². The summed E-state index contributed by atoms with van der Waals surface area (Å²) < 4.78 is 27.5. The first kappa shape index (κ1) is 38.6. The van der Waals surface area contributed by atoms with Crippen molar-refractivity contribution in [3.05, 3.63) is 6.92 Å². The first-order chi connectivity index (χ1) is 19.5. The van der Waals surface area contributed by atoms with Crippen LogP contribution in [0.15, 0.2) is 0 Å². The fourth-order valence-electron chi connectivity index (χ4n) is 4.19. The van der Waals surface area contributed by atoms with Gasteiger partial charge < -0.3 is 28.6 Å². The summed E-state index contributed by atoms with van der Waals surface area (Å²) in [4.78, 5) is 26.4. The minimum Gasteiger partial charge on any atom is -0.465 e. The summed E-state index contributed by atoms with van der Waals surface area (Å²) in [5.74, 6) is -0.695. The lowest BCUT2D eigenvalue weighted by Crippen LogP contribution is -2.25. The van der Waals surface area contributed by atoms with Gasteiger partial charge in [0, 0.05) is 32.1 Å². The van der Waals surface area contributed by atoms with E-state index >= 15 is 0 Å². The Morgan fingerprint density at radius 2 is 1.18 bits per heavy atom. The van der Waals surface area contributed by atoms with Crippen LogP contribution in [0.5, 0.6) is 0 Å². The van der Waals surface area contributed by atoms with Crippen LogP contribution in [0, 0.1) is 12.8 Å². The van der Waals surface area contributed by atoms with Crippen LogP contribution in [0.2, 0.25) is 0 Å². The van der Waals surface area contributed by atoms with Crippen LogP contribution in [0.25, 0.3) is 0 Å². The van der Waals surface area contributed by atoms with Crippen LogP contribution in [-0.4, -0.2) is 76.0 Å². The normalized spacial score (nSPS) is 12.2. The Labute approximate surface area is 246 Å². The lowest BCUT2D eigenvalue weighted by Gasteiger charge is -2.19. The molecule has 0 aromatic rings. The highest BCUT2D eigenvalue weighted by atomic mass is 16.7. The molecule has 0 heterocycles. The summed E-state index contributed by atoms with van der Waals surface area (Å²) in [6.07, 6.45) is 14.7. The maximum atomic E-state index is 12.3. The molecule has 1 atom stereocenters. The minimum absolute atomic E-state index is 0.0352. The highest BCUT2D eigenvalue weighted by molar-refractivity contribution is 5.69. The first-order valence-corrected chi connectivity index (χ1v) is 16.2. The Bertz CT molecular complexity index is 553. The Hall–Kier alpha value is -1.38. The van der Waals surface area contributed by atoms with Gasteiger partial charge in [-0.3, -0.25) is 4.79 Å². The molecule has 0 amide bonds. The standard InChI is InChI=1S/C32H62NO7/c1-6-10-12-14-16-18-24-36-31(37-25-19-17-15-13-11-7-2)22-21-30(34)39-27-29(5)28-40-32(35)38-26-20-23-33(8-3)9-4/h29,31H,5-28H2,1-4H3. The highest BCUT2D eigenvalue weighted by Crippen LogP contribution is 2.12. The number of esters is 1. The van der Waals surface area contributed by atoms with Crippen molar-refractivity contribution < 1.29 is 33.3 Å². The minimum atomic E-state index is -0.715. The average Bonchev–Trinajstić information content (AvgIpc) is 2.96. The highest BCUT2D eigenvalue weighted by Gasteiger charge is 2.15. The third-order valence-electron chi connectivity index (χ3n) is 6.84. The topological polar surface area (TPSA) is 83.5 Å². The molecule has 0 spiro atoms. The van der Waals surface area contributed by atoms with Crippen molar-refractivity contribution in [3.8, 4) is 0 Å². The molecule has 0 fully saturated rings. The Morgan fingerprint density at radius 1 is 0.650 bits per heavy atom. The SMILES string of the molecule is [CH2]C(COC(=O)CCC(OCCCCCCCC)OCCCCCCCC)COC(=O)OCCCN(CC)CC. The maximum Gasteiger partial charge on any atom is 0.508 e. The van der Waals surface area contributed by atoms with Gasteiger partial charge in [0.25, 0.3) is 0 Å². The third kappa shape index (κ3) is 25.6. The average molecular weight is 573 g/mol. The van der Waals surface area contributed by atoms with E-state index in [1.165, 1.54) is 51.4 Å². The Balaban J connectivity index is 4.17. The van der Waals surface area contributed by atoms with Crippen LogP contribution in [0.1, 0.15) is 124 Å². The van der Waals surface area contributed by atoms with E-state index < -0.39 is 12.4 Å². The lowest BCUT2D eigenvalue weighted by molar-refractivity contribution is -0.160. The van der Waals surface area contributed by atoms with Gasteiger partial charge in [0.1, 0.15) is 6.61 Å². The molecule has 0 aliphatic rings. The number of rotatable bonds is 29. The molecule has 0 aromatic carbocycles. The summed E-state index contributed by atoms with van der Waals surface area (Å²) in [5, 5.41) is 0. The molecule has 8 heteroatoms. The molecule has 0 rings (SSSR count). The molecule has 8 nitrogen and oxygen atoms in total. The first-order valence-electron chi connectivity index (χ1n) is 16.2. The Morgan fingerprint density at radius 3 is 1.73 bits per heavy atom. The number of carbonyl (C=O) groups is 2. The molecular weight excluding hydrogens is 510 g/mol. The number of nitrogens with zero attached hydrogens (tertiary/aromatic N) is 1. The second kappa shape index (κ2) is 29.1. The van der Waals surface area contributed by atoms with Crippen molar-refractivity contribution in [1.82, 2.24) is 4.90 Å². The summed E-state index contributed by atoms with van der Waals surface area (Å²) in [6.45, 7) is 17.1. The van der Waals surface area contributed by atoms with Crippen molar-refractivity contribution in [2.24, 2.45) is 5.92 Å². The van der Waals surface area contributed by atoms with Crippen molar-refractivity contribution >= 4 is 12.1 Å². The van der Waals surface area contributed by atoms with E-state index in [1.807, 2.05) is 0 Å². The van der Waals surface area contributed by atoms with Gasteiger partial charge in [0.05, 0.1) is 19.6 Å². The van der Waals surface area contributed by atoms with Crippen molar-refractivity contribution in [1.29, 1.82) is 0 Å². The van der Waals surface area contributed by atoms with Gasteiger partial charge in [0.15, 0.2) is 6.29 Å². The molecule has 0 saturated carbocycles. The second-order valence-corrected chi connectivity index (χ2v) is 10.6. The molecule has 0 aliphatic carbocycles. The van der Waals surface area contributed by atoms with E-state index in [0.717, 1.165) is 51.7 Å². The van der Waals surface area contributed by atoms with Gasteiger partial charge in [0.2, 0.25) is 0 Å². The van der Waals surface area contributed by atoms with Gasteiger partial charge in [-0.25, -0.2) is 4.79 Å². The van der Waals surface area contributed by atoms with Crippen molar-refractivity contribution in [2.45, 2.75) is 130 Å². The van der Waals surface area contributed by atoms with E-state index in [1.54, 1.807) is 0 Å². The molecule has 40 heavy (non-hydrogen) atoms. The maximum absolute atomic E-state index is 12.3. The summed E-state index contributed by atoms with van der Waals surface area (Å²) >= 11 is 0. The second-order valence-electron chi connectivity index (χ2n) is 10.6. The van der Waals surface area contributed by atoms with Gasteiger partial charge in [-0.15, -0.1) is 0 Å². The van der Waals surface area contributed by atoms with E-state index in [0.29, 0.717) is 26.2 Å². The molecule has 1 unspecified atom stereocenters. The van der Waals surface area contributed by atoms with Crippen LogP contribution >= 0.6 is 0 Å². The number of hydrogen-bond donors (Lipinski definition) is 0. The van der Waals surface area contributed by atoms with E-state index in [9.17, 15) is 9.59 Å². The summed E-state index contributed by atoms with van der Waals surface area (Å²) in [6, 6.07) is 0. The zero-order valence-electron chi connectivity index (χ0n) is 26.4. The molecular formula is C32H62NO7. The number of unbranched alkanes of at least 4 members (excludes halogenated alkanes) is 10. The fourth-order valence-corrected chi connectivity index (χ4v) is 4.19. The molecule has 0 aliphatic heterocycles. The lowest BCUT2D eigenvalue weighted by atomic mass is 10.1. The smallest absolute Gasteiger partial charge is 0.465 e. The molecule has 237 valence electrons. The molecule has 0 aromatic heterocycles. The largest absolute Gasteiger partial charge is 0.508 e. The summed E-state index contributed by atoms with van der Waals surface area (Å²) in [5.41, 5.74) is 0. The molecule has 0 N–H and O–H groups in total. The summed E-state index contributed by atoms with van der Waals surface area (Å²) in [7, 11) is 0. The van der Waals surface area contributed by atoms with Crippen LogP contribution < -0.4 is 0 Å². The quantitative estimate of drug-likeness (QED) is 0.0512. The van der Waals surface area contributed by atoms with Crippen LogP contribution in [-0.2, 0) is 28.5 Å². The van der Waals surface area contributed by atoms with E-state index in [2.05, 4.69) is 39.5 Å². The number of carbonyl (C=O) groups excluding carboxylic acids is 2. The van der Waals surface area contributed by atoms with Crippen molar-refractivity contribution in [2.75, 3.05) is 52.7 Å². The number of ether oxygens (including phenoxy) is 5. The predicted octanol–water partition coefficient (Wildman–Crippen LogP) is 7.73. The molecule has 1 radical (unpaired) electrons. The fraction of sp³-hybridized carbons (Fsp3) is 0.906. The van der Waals surface area contributed by atoms with Gasteiger partial charge in [-0.05, 0) is 39.3 Å². The van der Waals surface area contributed by atoms with E-state index in [-0.39, 0.29) is 31.5 Å². The van der Waals surface area contributed by atoms with Gasteiger partial charge in [-0.1, -0.05) is 91.9 Å². The van der Waals surface area contributed by atoms with Gasteiger partial charge >= 0.3 is 12.1 Å². The van der Waals surface area contributed by atoms with E-state index in [4.69, 9.17) is 23.7 Å². The van der Waals surface area contributed by atoms with Crippen molar-refractivity contribution in [3.63, 3.8) is 0 Å². The van der Waals surface area contributed by atoms with Crippen LogP contribution in [0.3, 0.4) is 0 Å². The zero-order valence-corrected chi connectivity index (χ0v) is 26.4. The molecule has 0 saturated heterocycles. The third-order valence-corrected chi connectivity index (χ3v) is 6.84.